The summed E-state index contributed by atoms with van der Waals surface area (Å²) in [5, 5.41) is 0. The number of fused-ring (bicyclic) bond motifs is 1. The molecule has 186 valence electrons. The molecule has 2 atom stereocenters. The van der Waals surface area contributed by atoms with Gasteiger partial charge in [0.25, 0.3) is 0 Å². The van der Waals surface area contributed by atoms with Gasteiger partial charge < -0.3 is 4.74 Å². The normalized spacial score (nSPS) is 19.8. The summed E-state index contributed by atoms with van der Waals surface area (Å²) in [5.74, 6) is 0.472. The minimum atomic E-state index is -0.438. The van der Waals surface area contributed by atoms with Gasteiger partial charge in [-0.25, -0.2) is 0 Å². The maximum Gasteiger partial charge on any atom is 0.119 e. The lowest BCUT2D eigenvalue weighted by Gasteiger charge is -2.33. The Labute approximate surface area is 225 Å². The van der Waals surface area contributed by atoms with Gasteiger partial charge in [-0.3, -0.25) is 0 Å². The smallest absolute Gasteiger partial charge is 0.119 e. The van der Waals surface area contributed by atoms with Crippen LogP contribution in [0.2, 0.25) is 0 Å². The highest BCUT2D eigenvalue weighted by Gasteiger charge is 2.46. The van der Waals surface area contributed by atoms with Crippen molar-refractivity contribution in [1.29, 1.82) is 0 Å². The average molecular weight is 493 g/mol. The van der Waals surface area contributed by atoms with Crippen molar-refractivity contribution in [2.75, 3.05) is 0 Å². The fraction of sp³-hybridized carbons (Fsp3) is 0.189. The first kappa shape index (κ1) is 23.2. The van der Waals surface area contributed by atoms with Crippen molar-refractivity contribution >= 4 is 0 Å². The van der Waals surface area contributed by atoms with E-state index in [1.807, 2.05) is 0 Å². The number of ether oxygens (including phenoxy) is 1. The van der Waals surface area contributed by atoms with Crippen LogP contribution in [0.4, 0.5) is 0 Å². The van der Waals surface area contributed by atoms with Crippen LogP contribution in [0.25, 0.3) is 22.3 Å². The molecule has 1 heteroatoms. The summed E-state index contributed by atoms with van der Waals surface area (Å²) in [6, 6.07) is 48.4. The van der Waals surface area contributed by atoms with Crippen molar-refractivity contribution < 1.29 is 4.74 Å². The molecule has 38 heavy (non-hydrogen) atoms. The predicted octanol–water partition coefficient (Wildman–Crippen LogP) is 9.17. The molecule has 0 spiro atoms. The molecule has 0 amide bonds. The van der Waals surface area contributed by atoms with Crippen molar-refractivity contribution in [2.45, 2.75) is 43.3 Å². The highest BCUT2D eigenvalue weighted by atomic mass is 16.5. The lowest BCUT2D eigenvalue weighted by molar-refractivity contribution is -0.0279. The zero-order valence-electron chi connectivity index (χ0n) is 21.6. The first-order chi connectivity index (χ1) is 18.8. The van der Waals surface area contributed by atoms with Crippen LogP contribution in [0.15, 0.2) is 133 Å². The third-order valence-electron chi connectivity index (χ3n) is 8.68. The molecule has 1 saturated heterocycles. The van der Waals surface area contributed by atoms with Crippen molar-refractivity contribution in [3.63, 3.8) is 0 Å². The van der Waals surface area contributed by atoms with Gasteiger partial charge >= 0.3 is 0 Å². The third-order valence-corrected chi connectivity index (χ3v) is 8.68. The van der Waals surface area contributed by atoms with Crippen LogP contribution < -0.4 is 0 Å². The van der Waals surface area contributed by atoms with Crippen molar-refractivity contribution in [3.8, 4) is 22.3 Å². The van der Waals surface area contributed by atoms with E-state index < -0.39 is 5.60 Å². The van der Waals surface area contributed by atoms with E-state index in [-0.39, 0.29) is 6.10 Å². The highest BCUT2D eigenvalue weighted by Crippen LogP contribution is 2.51. The molecule has 2 aliphatic rings. The summed E-state index contributed by atoms with van der Waals surface area (Å²) in [7, 11) is 0. The standard InChI is InChI=1S/C37H32O/c1-3-9-27(10-4-1)29-15-20-32(21-16-29)37(33-22-17-30(18-23-33)28-11-5-2-6-12-28)26-25-36(38-37)35-24-19-31-13-7-8-14-34(31)35/h1-18,20-23,35-36H,19,24-26H2/t35-,36-/m0/s1. The van der Waals surface area contributed by atoms with Gasteiger partial charge in [-0.05, 0) is 70.2 Å². The van der Waals surface area contributed by atoms with Gasteiger partial charge in [-0.15, -0.1) is 0 Å². The van der Waals surface area contributed by atoms with E-state index in [2.05, 4.69) is 133 Å². The quantitative estimate of drug-likeness (QED) is 0.238. The second-order valence-corrected chi connectivity index (χ2v) is 10.8. The molecule has 5 aromatic carbocycles. The summed E-state index contributed by atoms with van der Waals surface area (Å²) in [6.45, 7) is 0. The predicted molar refractivity (Wildman–Crippen MR) is 156 cm³/mol. The third kappa shape index (κ3) is 4.08. The Kier molecular flexibility index (Phi) is 5.95. The molecular weight excluding hydrogens is 460 g/mol. The number of benzene rings is 5. The topological polar surface area (TPSA) is 9.23 Å². The van der Waals surface area contributed by atoms with Crippen LogP contribution in [-0.4, -0.2) is 6.10 Å². The number of aryl methyl sites for hydroxylation is 1. The van der Waals surface area contributed by atoms with Gasteiger partial charge in [0.1, 0.15) is 5.60 Å². The largest absolute Gasteiger partial charge is 0.362 e. The Balaban J connectivity index is 1.26. The van der Waals surface area contributed by atoms with Crippen molar-refractivity contribution in [3.05, 3.63) is 156 Å². The molecule has 1 heterocycles. The fourth-order valence-electron chi connectivity index (χ4n) is 6.70. The number of rotatable bonds is 5. The molecule has 1 aliphatic carbocycles. The van der Waals surface area contributed by atoms with E-state index in [0.717, 1.165) is 19.3 Å². The van der Waals surface area contributed by atoms with Gasteiger partial charge in [-0.1, -0.05) is 133 Å². The molecule has 1 aliphatic heterocycles. The minimum Gasteiger partial charge on any atom is -0.362 e. The molecular formula is C37H32O. The Morgan fingerprint density at radius 3 is 1.58 bits per heavy atom. The average Bonchev–Trinajstić information content (AvgIpc) is 3.64. The number of hydrogen-bond acceptors (Lipinski definition) is 1. The lowest BCUT2D eigenvalue weighted by Crippen LogP contribution is -2.29. The van der Waals surface area contributed by atoms with Crippen LogP contribution in [0, 0.1) is 0 Å². The van der Waals surface area contributed by atoms with Crippen LogP contribution in [-0.2, 0) is 16.8 Å². The molecule has 0 saturated carbocycles. The second-order valence-electron chi connectivity index (χ2n) is 10.8. The summed E-state index contributed by atoms with van der Waals surface area (Å²) in [4.78, 5) is 0. The minimum absolute atomic E-state index is 0.223. The Morgan fingerprint density at radius 1 is 0.500 bits per heavy atom. The highest BCUT2D eigenvalue weighted by molar-refractivity contribution is 5.65. The summed E-state index contributed by atoms with van der Waals surface area (Å²) >= 11 is 0. The fourth-order valence-corrected chi connectivity index (χ4v) is 6.70. The van der Waals surface area contributed by atoms with Crippen LogP contribution in [0.3, 0.4) is 0 Å². The van der Waals surface area contributed by atoms with Crippen LogP contribution in [0.1, 0.15) is 47.4 Å². The molecule has 5 aromatic rings. The monoisotopic (exact) mass is 492 g/mol. The first-order valence-electron chi connectivity index (χ1n) is 13.9. The summed E-state index contributed by atoms with van der Waals surface area (Å²) in [6.07, 6.45) is 4.62. The molecule has 1 nitrogen and oxygen atoms in total. The first-order valence-corrected chi connectivity index (χ1v) is 13.9. The van der Waals surface area contributed by atoms with Crippen LogP contribution >= 0.6 is 0 Å². The lowest BCUT2D eigenvalue weighted by atomic mass is 9.82. The molecule has 0 radical (unpaired) electrons. The molecule has 0 bridgehead atoms. The SMILES string of the molecule is c1ccc(-c2ccc(C3(c4ccc(-c5ccccc5)cc4)CC[C@@H]([C@H]4CCc5ccccc54)O3)cc2)cc1. The van der Waals surface area contributed by atoms with E-state index in [0.29, 0.717) is 5.92 Å². The number of hydrogen-bond donors (Lipinski definition) is 0. The summed E-state index contributed by atoms with van der Waals surface area (Å²) < 4.78 is 7.25. The van der Waals surface area contributed by atoms with Gasteiger partial charge in [-0.2, -0.15) is 0 Å². The second kappa shape index (κ2) is 9.74. The Bertz CT molecular complexity index is 1440. The molecule has 0 N–H and O–H groups in total. The zero-order valence-corrected chi connectivity index (χ0v) is 21.6. The van der Waals surface area contributed by atoms with E-state index in [1.165, 1.54) is 50.9 Å². The van der Waals surface area contributed by atoms with Gasteiger partial charge in [0.2, 0.25) is 0 Å². The van der Waals surface area contributed by atoms with Gasteiger partial charge in [0.15, 0.2) is 0 Å². The zero-order chi connectivity index (χ0) is 25.4. The van der Waals surface area contributed by atoms with Crippen molar-refractivity contribution in [1.82, 2.24) is 0 Å². The summed E-state index contributed by atoms with van der Waals surface area (Å²) in [5.41, 5.74) is 10.0. The molecule has 0 unspecified atom stereocenters. The van der Waals surface area contributed by atoms with E-state index in [9.17, 15) is 0 Å². The molecule has 7 rings (SSSR count). The van der Waals surface area contributed by atoms with Gasteiger partial charge in [0, 0.05) is 5.92 Å². The van der Waals surface area contributed by atoms with E-state index in [4.69, 9.17) is 4.74 Å². The van der Waals surface area contributed by atoms with Gasteiger partial charge in [0.05, 0.1) is 6.10 Å². The van der Waals surface area contributed by atoms with E-state index >= 15 is 0 Å². The molecule has 0 aromatic heterocycles. The maximum absolute atomic E-state index is 7.25. The Morgan fingerprint density at radius 2 is 1.00 bits per heavy atom. The van der Waals surface area contributed by atoms with E-state index in [1.54, 1.807) is 0 Å². The Hall–Kier alpha value is -3.94. The maximum atomic E-state index is 7.25. The van der Waals surface area contributed by atoms with Crippen LogP contribution in [0.5, 0.6) is 0 Å². The van der Waals surface area contributed by atoms with Crippen molar-refractivity contribution in [2.24, 2.45) is 0 Å². The molecule has 1 fully saturated rings.